The van der Waals surface area contributed by atoms with Gasteiger partial charge in [0.15, 0.2) is 0 Å². The van der Waals surface area contributed by atoms with Crippen molar-refractivity contribution >= 4 is 50.6 Å². The Balaban J connectivity index is 1.10. The highest BCUT2D eigenvalue weighted by atomic mass is 19.1. The van der Waals surface area contributed by atoms with Crippen LogP contribution in [0.25, 0.3) is 72.1 Å². The quantitative estimate of drug-likeness (QED) is 0.135. The first kappa shape index (κ1) is 47.0. The molecule has 0 N–H and O–H groups in total. The molecule has 0 amide bonds. The topological polar surface area (TPSA) is 33.1 Å². The van der Waals surface area contributed by atoms with E-state index in [-0.39, 0.29) is 22.5 Å². The number of benzene rings is 9. The number of halogens is 2. The summed E-state index contributed by atoms with van der Waals surface area (Å²) in [4.78, 5) is 4.93. The summed E-state index contributed by atoms with van der Waals surface area (Å²) in [5.41, 5.74) is 15.0. The molecule has 11 aromatic rings. The number of fused-ring (bicyclic) bond motifs is 4. The third-order valence-electron chi connectivity index (χ3n) is 14.3. The first-order valence-electron chi connectivity index (χ1n) is 25.4. The molecule has 0 spiro atoms. The molecule has 0 bridgehead atoms. The molecule has 1 aliphatic heterocycles. The van der Waals surface area contributed by atoms with E-state index in [9.17, 15) is 8.78 Å². The summed E-state index contributed by atoms with van der Waals surface area (Å²) in [7, 11) is 0. The average molecular weight is 981 g/mol. The number of para-hydroxylation sites is 3. The molecule has 0 saturated heterocycles. The Morgan fingerprint density at radius 1 is 0.440 bits per heavy atom. The number of pyridine rings is 1. The maximum absolute atomic E-state index is 14.7. The van der Waals surface area contributed by atoms with Gasteiger partial charge in [0.2, 0.25) is 11.4 Å². The second-order valence-corrected chi connectivity index (χ2v) is 21.4. The van der Waals surface area contributed by atoms with Crippen molar-refractivity contribution in [3.63, 3.8) is 0 Å². The lowest BCUT2D eigenvalue weighted by molar-refractivity contribution is 0.483. The summed E-state index contributed by atoms with van der Waals surface area (Å²) in [5.74, 6) is 1.50. The second kappa shape index (κ2) is 18.5. The Kier molecular flexibility index (Phi) is 11.6. The Bertz CT molecular complexity index is 4030. The number of hydrogen-bond acceptors (Lipinski definition) is 2. The molecule has 0 fully saturated rings. The normalized spacial score (nSPS) is 12.5. The van der Waals surface area contributed by atoms with Crippen LogP contribution in [0.15, 0.2) is 219 Å². The van der Waals surface area contributed by atoms with Crippen molar-refractivity contribution in [2.75, 3.05) is 0 Å². The summed E-state index contributed by atoms with van der Waals surface area (Å²) in [5, 5.41) is 2.23. The van der Waals surface area contributed by atoms with Crippen LogP contribution in [-0.2, 0) is 10.8 Å². The molecule has 9 aromatic carbocycles. The van der Waals surface area contributed by atoms with E-state index in [1.807, 2.05) is 54.7 Å². The molecule has 5 nitrogen and oxygen atoms in total. The molecular formula is C68H54F2N4O+2. The molecule has 3 heterocycles. The molecule has 0 radical (unpaired) electrons. The van der Waals surface area contributed by atoms with Crippen LogP contribution in [-0.4, -0.2) is 15.6 Å². The third kappa shape index (κ3) is 8.81. The zero-order valence-corrected chi connectivity index (χ0v) is 42.7. The van der Waals surface area contributed by atoms with Crippen molar-refractivity contribution < 1.29 is 13.5 Å². The number of nitrogens with zero attached hydrogens (tertiary/aromatic N) is 4. The molecule has 0 unspecified atom stereocenters. The van der Waals surface area contributed by atoms with Gasteiger partial charge in [-0.3, -0.25) is 4.57 Å². The number of hydrogen-bond donors (Lipinski definition) is 0. The molecule has 1 aliphatic rings. The van der Waals surface area contributed by atoms with Gasteiger partial charge < -0.3 is 4.74 Å². The lowest BCUT2D eigenvalue weighted by Crippen LogP contribution is -2.13. The van der Waals surface area contributed by atoms with Crippen molar-refractivity contribution in [2.45, 2.75) is 52.4 Å². The van der Waals surface area contributed by atoms with Crippen molar-refractivity contribution in [3.8, 4) is 61.8 Å². The number of ether oxygens (including phenoxy) is 1. The first-order valence-corrected chi connectivity index (χ1v) is 25.4. The van der Waals surface area contributed by atoms with Gasteiger partial charge in [-0.25, -0.2) is 13.8 Å². The van der Waals surface area contributed by atoms with Gasteiger partial charge in [0.25, 0.3) is 11.4 Å². The van der Waals surface area contributed by atoms with Gasteiger partial charge >= 0.3 is 6.01 Å². The molecule has 364 valence electrons. The smallest absolute Gasteiger partial charge is 0.457 e. The standard InChI is InChI=1S/C68H54F2N4O/c1-67(2,3)48-34-35-71-65(40-48)74-61-21-13-12-20-57(61)58-33-32-53(42-64(58)74)75-54-37-47(56-19-11-10-18-55(56)44-16-8-7-9-17-44)36-52(41-54)72-43-73(63-23-15-14-22-62(63)72)66-59(45-24-28-50(69)29-25-45)38-49(68(4,5)6)39-60(66)46-26-30-51(70)31-27-46/h7-42H,1-6H3/q+2. The van der Waals surface area contributed by atoms with Crippen LogP contribution in [0.5, 0.6) is 11.5 Å². The van der Waals surface area contributed by atoms with Crippen molar-refractivity contribution in [1.29, 1.82) is 0 Å². The van der Waals surface area contributed by atoms with Gasteiger partial charge in [0.1, 0.15) is 29.0 Å². The lowest BCUT2D eigenvalue weighted by atomic mass is 9.82. The monoisotopic (exact) mass is 980 g/mol. The van der Waals surface area contributed by atoms with Gasteiger partial charge in [0, 0.05) is 41.2 Å². The minimum Gasteiger partial charge on any atom is -0.457 e. The highest BCUT2D eigenvalue weighted by Gasteiger charge is 2.40. The molecule has 7 heteroatoms. The zero-order valence-electron chi connectivity index (χ0n) is 42.7. The van der Waals surface area contributed by atoms with Gasteiger partial charge in [-0.2, -0.15) is 0 Å². The van der Waals surface area contributed by atoms with E-state index >= 15 is 0 Å². The lowest BCUT2D eigenvalue weighted by Gasteiger charge is -2.22. The minimum atomic E-state index is -0.321. The van der Waals surface area contributed by atoms with E-state index < -0.39 is 0 Å². The summed E-state index contributed by atoms with van der Waals surface area (Å²) in [6.45, 7) is 13.2. The molecule has 0 saturated carbocycles. The van der Waals surface area contributed by atoms with Crippen LogP contribution in [0.3, 0.4) is 0 Å². The van der Waals surface area contributed by atoms with E-state index in [1.165, 1.54) is 29.8 Å². The predicted octanol–water partition coefficient (Wildman–Crippen LogP) is 18.4. The van der Waals surface area contributed by atoms with Crippen LogP contribution >= 0.6 is 0 Å². The molecule has 0 atom stereocenters. The summed E-state index contributed by atoms with van der Waals surface area (Å²) in [6.07, 6.45) is 1.90. The van der Waals surface area contributed by atoms with Crippen LogP contribution < -0.4 is 13.9 Å². The molecule has 0 aliphatic carbocycles. The van der Waals surface area contributed by atoms with Crippen molar-refractivity contribution in [2.24, 2.45) is 0 Å². The van der Waals surface area contributed by atoms with Crippen LogP contribution in [0, 0.1) is 11.6 Å². The molecule has 75 heavy (non-hydrogen) atoms. The zero-order chi connectivity index (χ0) is 51.6. The Labute approximate surface area is 436 Å². The van der Waals surface area contributed by atoms with Gasteiger partial charge in [-0.15, -0.1) is 0 Å². The average Bonchev–Trinajstić information content (AvgIpc) is 3.97. The van der Waals surface area contributed by atoms with Gasteiger partial charge in [-0.05, 0) is 137 Å². The molecule has 2 aromatic heterocycles. The van der Waals surface area contributed by atoms with Crippen LogP contribution in [0.2, 0.25) is 0 Å². The maximum Gasteiger partial charge on any atom is 0.503 e. The molecular weight excluding hydrogens is 927 g/mol. The third-order valence-corrected chi connectivity index (χ3v) is 14.3. The highest BCUT2D eigenvalue weighted by Crippen LogP contribution is 2.48. The van der Waals surface area contributed by atoms with Gasteiger partial charge in [0.05, 0.1) is 28.2 Å². The largest absolute Gasteiger partial charge is 0.503 e. The fraction of sp³-hybridized carbons (Fsp3) is 0.118. The van der Waals surface area contributed by atoms with Crippen molar-refractivity contribution in [1.82, 2.24) is 18.7 Å². The van der Waals surface area contributed by atoms with Crippen LogP contribution in [0.1, 0.15) is 52.7 Å². The second-order valence-electron chi connectivity index (χ2n) is 21.4. The summed E-state index contributed by atoms with van der Waals surface area (Å²) < 4.78 is 43.0. The van der Waals surface area contributed by atoms with E-state index in [0.29, 0.717) is 11.5 Å². The number of aromatic nitrogens is 2. The Hall–Kier alpha value is -9.03. The van der Waals surface area contributed by atoms with Crippen molar-refractivity contribution in [3.05, 3.63) is 241 Å². The SMILES string of the molecule is CC(C)(C)c1ccnc(-n2c3ccccc3c3ccc(Oc4cc(-c5ccccc5-c5ccccc5)cc([N+]5=C=[N+](c6c(-c7ccc(F)cc7)cc(C(C)(C)C)cc6-c6ccc(F)cc6)c6ccccc65)c4)cc32)c1. The summed E-state index contributed by atoms with van der Waals surface area (Å²) in [6, 6.07) is 74.1. The van der Waals surface area contributed by atoms with E-state index in [2.05, 4.69) is 201 Å². The van der Waals surface area contributed by atoms with Gasteiger partial charge in [-0.1, -0.05) is 151 Å². The number of rotatable bonds is 9. The summed E-state index contributed by atoms with van der Waals surface area (Å²) >= 11 is 0. The first-order chi connectivity index (χ1) is 36.2. The van der Waals surface area contributed by atoms with E-state index in [1.54, 1.807) is 0 Å². The Morgan fingerprint density at radius 2 is 1.00 bits per heavy atom. The minimum absolute atomic E-state index is 0.0685. The molecule has 12 rings (SSSR count). The predicted molar refractivity (Wildman–Crippen MR) is 305 cm³/mol. The fourth-order valence-corrected chi connectivity index (χ4v) is 10.4. The Morgan fingerprint density at radius 3 is 1.65 bits per heavy atom. The van der Waals surface area contributed by atoms with E-state index in [0.717, 1.165) is 100 Å². The highest BCUT2D eigenvalue weighted by molar-refractivity contribution is 6.09. The van der Waals surface area contributed by atoms with Crippen LogP contribution in [0.4, 0.5) is 31.5 Å². The maximum atomic E-state index is 14.7. The van der Waals surface area contributed by atoms with E-state index in [4.69, 9.17) is 9.72 Å². The fourth-order valence-electron chi connectivity index (χ4n) is 10.4.